The molecule has 2 aliphatic heterocycles. The summed E-state index contributed by atoms with van der Waals surface area (Å²) in [6, 6.07) is 12.3. The van der Waals surface area contributed by atoms with Crippen LogP contribution in [-0.4, -0.2) is 47.2 Å². The molecule has 0 radical (unpaired) electrons. The molecule has 1 N–H and O–H groups in total. The van der Waals surface area contributed by atoms with E-state index in [-0.39, 0.29) is 6.10 Å². The summed E-state index contributed by atoms with van der Waals surface area (Å²) in [5.74, 6) is 1.40. The second kappa shape index (κ2) is 6.67. The number of nitrogens with one attached hydrogen (secondary N) is 1. The van der Waals surface area contributed by atoms with E-state index in [1.54, 1.807) is 0 Å². The van der Waals surface area contributed by atoms with E-state index in [0.29, 0.717) is 17.9 Å². The first-order valence-corrected chi connectivity index (χ1v) is 9.99. The third-order valence-electron chi connectivity index (χ3n) is 5.82. The summed E-state index contributed by atoms with van der Waals surface area (Å²) in [7, 11) is 0. The lowest BCUT2D eigenvalue weighted by Crippen LogP contribution is -2.42. The third-order valence-corrected chi connectivity index (χ3v) is 5.82. The van der Waals surface area contributed by atoms with Gasteiger partial charge >= 0.3 is 0 Å². The molecule has 0 aliphatic carbocycles. The highest BCUT2D eigenvalue weighted by atomic mass is 16.6. The van der Waals surface area contributed by atoms with Gasteiger partial charge in [0.1, 0.15) is 18.2 Å². The summed E-state index contributed by atoms with van der Waals surface area (Å²) in [6.45, 7) is 3.28. The molecule has 0 saturated heterocycles. The van der Waals surface area contributed by atoms with E-state index in [1.807, 2.05) is 12.1 Å². The zero-order valence-electron chi connectivity index (χ0n) is 15.9. The summed E-state index contributed by atoms with van der Waals surface area (Å²) in [6.07, 6.45) is 6.91. The summed E-state index contributed by atoms with van der Waals surface area (Å²) in [4.78, 5) is 9.99. The van der Waals surface area contributed by atoms with Crippen LogP contribution in [0.3, 0.4) is 0 Å². The van der Waals surface area contributed by atoms with E-state index in [2.05, 4.69) is 51.4 Å². The number of ether oxygens (including phenoxy) is 2. The molecule has 29 heavy (non-hydrogen) atoms. The monoisotopic (exact) mass is 387 g/mol. The molecule has 6 nitrogen and oxygen atoms in total. The van der Waals surface area contributed by atoms with E-state index in [4.69, 9.17) is 13.9 Å². The minimum Gasteiger partial charge on any atom is -0.486 e. The van der Waals surface area contributed by atoms with Gasteiger partial charge in [-0.2, -0.15) is 0 Å². The van der Waals surface area contributed by atoms with Gasteiger partial charge in [0.2, 0.25) is 5.75 Å². The molecular weight excluding hydrogens is 366 g/mol. The first kappa shape index (κ1) is 16.7. The van der Waals surface area contributed by atoms with E-state index < -0.39 is 0 Å². The maximum Gasteiger partial charge on any atom is 0.207 e. The number of hydrogen-bond donors (Lipinski definition) is 1. The van der Waals surface area contributed by atoms with Crippen molar-refractivity contribution in [2.24, 2.45) is 0 Å². The number of aromatic nitrogens is 2. The van der Waals surface area contributed by atoms with Gasteiger partial charge in [0, 0.05) is 42.3 Å². The summed E-state index contributed by atoms with van der Waals surface area (Å²) >= 11 is 0. The highest BCUT2D eigenvalue weighted by Crippen LogP contribution is 2.38. The largest absolute Gasteiger partial charge is 0.486 e. The van der Waals surface area contributed by atoms with Gasteiger partial charge in [0.05, 0.1) is 0 Å². The van der Waals surface area contributed by atoms with Crippen LogP contribution < -0.4 is 9.47 Å². The highest BCUT2D eigenvalue weighted by molar-refractivity contribution is 5.92. The number of oxazole rings is 1. The molecule has 2 aromatic heterocycles. The Kier molecular flexibility index (Phi) is 3.84. The van der Waals surface area contributed by atoms with Crippen LogP contribution in [0, 0.1) is 0 Å². The SMILES string of the molecule is C1=C(c2c[nH]c3ccccc23)CCN(CC2COc3ccc4ncoc4c3O2)C1. The summed E-state index contributed by atoms with van der Waals surface area (Å²) in [5.41, 5.74) is 5.37. The van der Waals surface area contributed by atoms with Crippen molar-refractivity contribution in [3.05, 3.63) is 60.6 Å². The molecule has 6 rings (SSSR count). The minimum atomic E-state index is -0.0266. The highest BCUT2D eigenvalue weighted by Gasteiger charge is 2.27. The van der Waals surface area contributed by atoms with Gasteiger partial charge in [-0.3, -0.25) is 4.90 Å². The molecule has 0 bridgehead atoms. The number of fused-ring (bicyclic) bond motifs is 4. The van der Waals surface area contributed by atoms with Crippen LogP contribution in [0.4, 0.5) is 0 Å². The molecule has 4 aromatic rings. The Hall–Kier alpha value is -3.25. The molecule has 0 saturated carbocycles. The zero-order chi connectivity index (χ0) is 19.2. The van der Waals surface area contributed by atoms with Crippen molar-refractivity contribution < 1.29 is 13.9 Å². The van der Waals surface area contributed by atoms with E-state index in [1.165, 1.54) is 28.4 Å². The Labute approximate surface area is 167 Å². The standard InChI is InChI=1S/C23H21N3O3/c1-2-4-19-17(3-1)18(11-24-19)15-7-9-26(10-8-15)12-16-13-27-21-6-5-20-22(23(21)29-16)28-14-25-20/h1-7,11,14,16,24H,8-10,12-13H2. The van der Waals surface area contributed by atoms with Gasteiger partial charge < -0.3 is 18.9 Å². The average molecular weight is 387 g/mol. The molecule has 2 aliphatic rings. The number of benzene rings is 2. The van der Waals surface area contributed by atoms with Crippen molar-refractivity contribution in [1.29, 1.82) is 0 Å². The first-order chi connectivity index (χ1) is 14.3. The quantitative estimate of drug-likeness (QED) is 0.570. The smallest absolute Gasteiger partial charge is 0.207 e. The third kappa shape index (κ3) is 2.87. The Bertz CT molecular complexity index is 1220. The molecular formula is C23H21N3O3. The molecule has 1 atom stereocenters. The maximum atomic E-state index is 6.24. The van der Waals surface area contributed by atoms with Crippen LogP contribution in [0.15, 0.2) is 59.5 Å². The van der Waals surface area contributed by atoms with E-state index >= 15 is 0 Å². The van der Waals surface area contributed by atoms with Crippen molar-refractivity contribution in [3.8, 4) is 11.5 Å². The summed E-state index contributed by atoms with van der Waals surface area (Å²) in [5, 5.41) is 1.30. The number of hydrogen-bond acceptors (Lipinski definition) is 5. The predicted molar refractivity (Wildman–Crippen MR) is 111 cm³/mol. The van der Waals surface area contributed by atoms with E-state index in [0.717, 1.165) is 37.3 Å². The Morgan fingerprint density at radius 3 is 3.07 bits per heavy atom. The lowest BCUT2D eigenvalue weighted by molar-refractivity contribution is 0.0622. The molecule has 6 heteroatoms. The van der Waals surface area contributed by atoms with Crippen LogP contribution in [0.25, 0.3) is 27.6 Å². The normalized spacial score (nSPS) is 19.6. The second-order valence-electron chi connectivity index (χ2n) is 7.63. The second-order valence-corrected chi connectivity index (χ2v) is 7.63. The molecule has 0 spiro atoms. The number of H-pyrrole nitrogens is 1. The van der Waals surface area contributed by atoms with E-state index in [9.17, 15) is 0 Å². The maximum absolute atomic E-state index is 6.24. The van der Waals surface area contributed by atoms with Crippen molar-refractivity contribution in [3.63, 3.8) is 0 Å². The molecule has 0 fully saturated rings. The first-order valence-electron chi connectivity index (χ1n) is 9.99. The van der Waals surface area contributed by atoms with Crippen molar-refractivity contribution in [2.75, 3.05) is 26.2 Å². The zero-order valence-corrected chi connectivity index (χ0v) is 15.9. The van der Waals surface area contributed by atoms with Crippen LogP contribution in [0.1, 0.15) is 12.0 Å². The van der Waals surface area contributed by atoms with Gasteiger partial charge in [-0.25, -0.2) is 4.98 Å². The lowest BCUT2D eigenvalue weighted by Gasteiger charge is -2.32. The van der Waals surface area contributed by atoms with Crippen molar-refractivity contribution >= 4 is 27.6 Å². The number of nitrogens with zero attached hydrogens (tertiary/aromatic N) is 2. The van der Waals surface area contributed by atoms with Crippen LogP contribution in [0.5, 0.6) is 11.5 Å². The van der Waals surface area contributed by atoms with Gasteiger partial charge in [0.15, 0.2) is 17.7 Å². The molecule has 0 amide bonds. The fourth-order valence-electron chi connectivity index (χ4n) is 4.33. The van der Waals surface area contributed by atoms with Crippen molar-refractivity contribution in [2.45, 2.75) is 12.5 Å². The van der Waals surface area contributed by atoms with Crippen LogP contribution >= 0.6 is 0 Å². The molecule has 1 unspecified atom stereocenters. The van der Waals surface area contributed by atoms with Crippen LogP contribution in [-0.2, 0) is 0 Å². The summed E-state index contributed by atoms with van der Waals surface area (Å²) < 4.78 is 17.7. The minimum absolute atomic E-state index is 0.0266. The Balaban J connectivity index is 1.17. The molecule has 4 heterocycles. The van der Waals surface area contributed by atoms with Gasteiger partial charge in [-0.15, -0.1) is 0 Å². The molecule has 2 aromatic carbocycles. The average Bonchev–Trinajstić information content (AvgIpc) is 3.42. The number of rotatable bonds is 3. The number of para-hydroxylation sites is 1. The Morgan fingerprint density at radius 2 is 2.14 bits per heavy atom. The topological polar surface area (TPSA) is 63.5 Å². The van der Waals surface area contributed by atoms with Gasteiger partial charge in [0.25, 0.3) is 0 Å². The fourth-order valence-corrected chi connectivity index (χ4v) is 4.33. The molecule has 146 valence electrons. The van der Waals surface area contributed by atoms with Gasteiger partial charge in [-0.05, 0) is 30.2 Å². The Morgan fingerprint density at radius 1 is 1.17 bits per heavy atom. The van der Waals surface area contributed by atoms with Gasteiger partial charge in [-0.1, -0.05) is 24.3 Å². The number of aromatic amines is 1. The lowest BCUT2D eigenvalue weighted by atomic mass is 9.99. The van der Waals surface area contributed by atoms with Crippen LogP contribution in [0.2, 0.25) is 0 Å². The van der Waals surface area contributed by atoms with Crippen molar-refractivity contribution in [1.82, 2.24) is 14.9 Å². The fraction of sp³-hybridized carbons (Fsp3) is 0.261. The predicted octanol–water partition coefficient (Wildman–Crippen LogP) is 4.24.